The summed E-state index contributed by atoms with van der Waals surface area (Å²) in [4.78, 5) is 23.8. The summed E-state index contributed by atoms with van der Waals surface area (Å²) in [5.74, 6) is -1.63. The number of hydrogen-bond donors (Lipinski definition) is 4. The number of carbonyl (C=O) groups is 2. The zero-order valence-electron chi connectivity index (χ0n) is 20.7. The van der Waals surface area contributed by atoms with Gasteiger partial charge in [-0.2, -0.15) is 0 Å². The van der Waals surface area contributed by atoms with E-state index in [1.54, 1.807) is 0 Å². The monoisotopic (exact) mass is 466 g/mol. The summed E-state index contributed by atoms with van der Waals surface area (Å²) in [6.07, 6.45) is 4.01. The van der Waals surface area contributed by atoms with Gasteiger partial charge in [-0.25, -0.2) is 0 Å². The van der Waals surface area contributed by atoms with Crippen molar-refractivity contribution >= 4 is 11.9 Å². The largest absolute Gasteiger partial charge is 0.512 e. The molecule has 2 aliphatic carbocycles. The summed E-state index contributed by atoms with van der Waals surface area (Å²) >= 11 is 0. The summed E-state index contributed by atoms with van der Waals surface area (Å²) in [6, 6.07) is 0. The number of carbonyl (C=O) groups excluding carboxylic acids is 1. The molecule has 0 aromatic heterocycles. The third kappa shape index (κ3) is 6.75. The zero-order valence-corrected chi connectivity index (χ0v) is 20.7. The van der Waals surface area contributed by atoms with E-state index >= 15 is 0 Å². The van der Waals surface area contributed by atoms with Crippen LogP contribution in [0, 0.1) is 35.5 Å². The Morgan fingerprint density at radius 3 is 2.24 bits per heavy atom. The van der Waals surface area contributed by atoms with E-state index < -0.39 is 18.2 Å². The Hall–Kier alpha value is -2.02. The summed E-state index contributed by atoms with van der Waals surface area (Å²) in [6.45, 7) is 9.92. The SMILES string of the molecule is CC(C)C(C(=O)O[C@H]1C[C@H](O)C(O)=C2C=C(O)[C@@H](C)[C@@H](CCCCCCC(=O)O)[C@H]21)C(C)C. The lowest BCUT2D eigenvalue weighted by atomic mass is 9.65. The van der Waals surface area contributed by atoms with E-state index in [0.717, 1.165) is 25.7 Å². The fourth-order valence-electron chi connectivity index (χ4n) is 5.64. The molecule has 0 amide bonds. The average Bonchev–Trinajstić information content (AvgIpc) is 2.70. The van der Waals surface area contributed by atoms with Gasteiger partial charge in [0.05, 0.1) is 11.7 Å². The molecular weight excluding hydrogens is 424 g/mol. The third-order valence-corrected chi connectivity index (χ3v) is 7.35. The number of ether oxygens (including phenoxy) is 1. The number of aliphatic hydroxyl groups excluding tert-OH is 3. The molecule has 2 aliphatic rings. The molecule has 0 fully saturated rings. The van der Waals surface area contributed by atoms with Gasteiger partial charge in [-0.3, -0.25) is 9.59 Å². The van der Waals surface area contributed by atoms with Gasteiger partial charge in [0.25, 0.3) is 0 Å². The predicted octanol–water partition coefficient (Wildman–Crippen LogP) is 5.15. The Morgan fingerprint density at radius 1 is 1.06 bits per heavy atom. The van der Waals surface area contributed by atoms with Crippen molar-refractivity contribution in [2.24, 2.45) is 35.5 Å². The van der Waals surface area contributed by atoms with Crippen LogP contribution in [0.3, 0.4) is 0 Å². The van der Waals surface area contributed by atoms with Gasteiger partial charge >= 0.3 is 11.9 Å². The van der Waals surface area contributed by atoms with Crippen LogP contribution in [-0.2, 0) is 14.3 Å². The van der Waals surface area contributed by atoms with E-state index in [2.05, 4.69) is 0 Å². The van der Waals surface area contributed by atoms with Crippen LogP contribution < -0.4 is 0 Å². The van der Waals surface area contributed by atoms with Crippen LogP contribution in [-0.4, -0.2) is 44.6 Å². The molecule has 188 valence electrons. The highest BCUT2D eigenvalue weighted by Crippen LogP contribution is 2.47. The Bertz CT molecular complexity index is 744. The van der Waals surface area contributed by atoms with Crippen molar-refractivity contribution in [3.63, 3.8) is 0 Å². The van der Waals surface area contributed by atoms with Gasteiger partial charge in [0.2, 0.25) is 0 Å². The number of carboxylic acid groups (broad SMARTS) is 1. The molecule has 4 N–H and O–H groups in total. The highest BCUT2D eigenvalue weighted by atomic mass is 16.5. The quantitative estimate of drug-likeness (QED) is 0.245. The van der Waals surface area contributed by atoms with Gasteiger partial charge in [0.15, 0.2) is 0 Å². The molecule has 33 heavy (non-hydrogen) atoms. The number of unbranched alkanes of at least 4 members (excludes halogenated alkanes) is 3. The second kappa shape index (κ2) is 11.9. The maximum absolute atomic E-state index is 13.1. The number of hydrogen-bond acceptors (Lipinski definition) is 6. The predicted molar refractivity (Wildman–Crippen MR) is 126 cm³/mol. The first-order valence-electron chi connectivity index (χ1n) is 12.4. The van der Waals surface area contributed by atoms with Gasteiger partial charge < -0.3 is 25.2 Å². The van der Waals surface area contributed by atoms with Gasteiger partial charge in [-0.05, 0) is 36.7 Å². The van der Waals surface area contributed by atoms with Gasteiger partial charge in [-0.1, -0.05) is 53.9 Å². The molecular formula is C26H42O7. The zero-order chi connectivity index (χ0) is 24.9. The number of fused-ring (bicyclic) bond motifs is 1. The van der Waals surface area contributed by atoms with Crippen LogP contribution in [0.2, 0.25) is 0 Å². The highest BCUT2D eigenvalue weighted by molar-refractivity contribution is 5.73. The summed E-state index contributed by atoms with van der Waals surface area (Å²) in [5.41, 5.74) is 0.462. The van der Waals surface area contributed by atoms with Crippen molar-refractivity contribution in [1.82, 2.24) is 0 Å². The normalized spacial score (nSPS) is 27.7. The first kappa shape index (κ1) is 27.2. The number of rotatable bonds is 11. The van der Waals surface area contributed by atoms with Crippen LogP contribution >= 0.6 is 0 Å². The molecule has 7 nitrogen and oxygen atoms in total. The first-order chi connectivity index (χ1) is 15.5. The molecule has 0 bridgehead atoms. The molecule has 0 saturated carbocycles. The Balaban J connectivity index is 2.22. The van der Waals surface area contributed by atoms with Crippen molar-refractivity contribution in [3.05, 3.63) is 23.2 Å². The average molecular weight is 467 g/mol. The van der Waals surface area contributed by atoms with Crippen LogP contribution in [0.15, 0.2) is 23.2 Å². The van der Waals surface area contributed by atoms with E-state index in [4.69, 9.17) is 9.84 Å². The number of aliphatic hydroxyl groups is 3. The molecule has 0 heterocycles. The molecule has 7 heteroatoms. The van der Waals surface area contributed by atoms with E-state index in [-0.39, 0.29) is 65.8 Å². The lowest BCUT2D eigenvalue weighted by molar-refractivity contribution is -0.164. The van der Waals surface area contributed by atoms with E-state index in [0.29, 0.717) is 12.0 Å². The smallest absolute Gasteiger partial charge is 0.309 e. The maximum atomic E-state index is 13.1. The minimum Gasteiger partial charge on any atom is -0.512 e. The molecule has 0 aromatic carbocycles. The van der Waals surface area contributed by atoms with Crippen molar-refractivity contribution in [2.75, 3.05) is 0 Å². The summed E-state index contributed by atoms with van der Waals surface area (Å²) in [7, 11) is 0. The topological polar surface area (TPSA) is 124 Å². The number of aliphatic carboxylic acids is 1. The number of carboxylic acids is 1. The highest BCUT2D eigenvalue weighted by Gasteiger charge is 2.47. The molecule has 0 saturated heterocycles. The molecule has 2 rings (SSSR count). The standard InChI is InChI=1S/C26H42O7/c1-14(2)23(15(3)4)26(32)33-21-13-20(28)25(31)18-12-19(27)16(5)17(24(18)21)10-8-6-7-9-11-22(29)30/h12,14-17,20-21,23-24,27-28,31H,6-11,13H2,1-5H3,(H,29,30)/t16-,17+,20-,21-,24+/m0/s1. The van der Waals surface area contributed by atoms with Crippen LogP contribution in [0.1, 0.15) is 79.6 Å². The molecule has 0 spiro atoms. The molecule has 0 radical (unpaired) electrons. The Morgan fingerprint density at radius 2 is 1.67 bits per heavy atom. The number of allylic oxidation sites excluding steroid dienone is 2. The minimum atomic E-state index is -1.14. The first-order valence-corrected chi connectivity index (χ1v) is 12.4. The lowest BCUT2D eigenvalue weighted by Gasteiger charge is -2.44. The Kier molecular flexibility index (Phi) is 9.83. The van der Waals surface area contributed by atoms with Gasteiger partial charge in [0, 0.05) is 30.3 Å². The van der Waals surface area contributed by atoms with Crippen LogP contribution in [0.5, 0.6) is 0 Å². The molecule has 0 aromatic rings. The summed E-state index contributed by atoms with van der Waals surface area (Å²) in [5, 5.41) is 40.4. The van der Waals surface area contributed by atoms with Crippen molar-refractivity contribution in [3.8, 4) is 0 Å². The fourth-order valence-corrected chi connectivity index (χ4v) is 5.64. The summed E-state index contributed by atoms with van der Waals surface area (Å²) < 4.78 is 6.03. The van der Waals surface area contributed by atoms with Gasteiger partial charge in [-0.15, -0.1) is 0 Å². The van der Waals surface area contributed by atoms with Crippen molar-refractivity contribution in [1.29, 1.82) is 0 Å². The maximum Gasteiger partial charge on any atom is 0.309 e. The van der Waals surface area contributed by atoms with Crippen molar-refractivity contribution < 1.29 is 34.8 Å². The van der Waals surface area contributed by atoms with E-state index in [1.165, 1.54) is 6.08 Å². The Labute approximate surface area is 197 Å². The second-order valence-electron chi connectivity index (χ2n) is 10.5. The van der Waals surface area contributed by atoms with Crippen LogP contribution in [0.25, 0.3) is 0 Å². The van der Waals surface area contributed by atoms with E-state index in [1.807, 2.05) is 34.6 Å². The minimum absolute atomic E-state index is 0.0616. The third-order valence-electron chi connectivity index (χ3n) is 7.35. The fraction of sp³-hybridized carbons (Fsp3) is 0.769. The number of esters is 1. The van der Waals surface area contributed by atoms with E-state index in [9.17, 15) is 24.9 Å². The molecule has 0 unspecified atom stereocenters. The second-order valence-corrected chi connectivity index (χ2v) is 10.5. The van der Waals surface area contributed by atoms with Gasteiger partial charge in [0.1, 0.15) is 18.0 Å². The molecule has 0 aliphatic heterocycles. The molecule has 5 atom stereocenters. The lowest BCUT2D eigenvalue weighted by Crippen LogP contribution is -2.46. The van der Waals surface area contributed by atoms with Crippen LogP contribution in [0.4, 0.5) is 0 Å². The van der Waals surface area contributed by atoms with Crippen molar-refractivity contribution in [2.45, 2.75) is 91.8 Å².